The molecule has 24 heavy (non-hydrogen) atoms. The highest BCUT2D eigenvalue weighted by Gasteiger charge is 2.23. The van der Waals surface area contributed by atoms with Crippen LogP contribution in [0.2, 0.25) is 0 Å². The van der Waals surface area contributed by atoms with E-state index >= 15 is 0 Å². The third-order valence-electron chi connectivity index (χ3n) is 4.72. The summed E-state index contributed by atoms with van der Waals surface area (Å²) < 4.78 is 7.40. The topological polar surface area (TPSA) is 47.4 Å². The second-order valence-corrected chi connectivity index (χ2v) is 7.01. The fourth-order valence-corrected chi connectivity index (χ4v) is 3.89. The third-order valence-corrected chi connectivity index (χ3v) is 5.46. The number of hydrogen-bond donors (Lipinski definition) is 0. The van der Waals surface area contributed by atoms with Gasteiger partial charge in [0.1, 0.15) is 10.2 Å². The van der Waals surface area contributed by atoms with E-state index in [1.165, 1.54) is 10.2 Å². The number of ether oxygens (including phenoxy) is 1. The molecule has 1 aromatic carbocycles. The second kappa shape index (κ2) is 7.38. The molecular formula is C18H22BrN3O2. The fourth-order valence-electron chi connectivity index (χ4n) is 3.28. The van der Waals surface area contributed by atoms with Gasteiger partial charge in [-0.3, -0.25) is 4.79 Å². The first-order valence-electron chi connectivity index (χ1n) is 8.18. The largest absolute Gasteiger partial charge is 0.496 e. The maximum absolute atomic E-state index is 12.0. The van der Waals surface area contributed by atoms with E-state index in [9.17, 15) is 4.79 Å². The van der Waals surface area contributed by atoms with E-state index in [2.05, 4.69) is 38.1 Å². The fraction of sp³-hybridized carbons (Fsp3) is 0.444. The van der Waals surface area contributed by atoms with Gasteiger partial charge in [0, 0.05) is 20.1 Å². The number of methoxy groups -OCH3 is 1. The molecule has 2 heterocycles. The summed E-state index contributed by atoms with van der Waals surface area (Å²) in [6.45, 7) is 1.88. The van der Waals surface area contributed by atoms with Gasteiger partial charge in [0.05, 0.1) is 19.0 Å². The van der Waals surface area contributed by atoms with E-state index in [0.29, 0.717) is 10.4 Å². The number of hydrogen-bond acceptors (Lipinski definition) is 4. The summed E-state index contributed by atoms with van der Waals surface area (Å²) in [4.78, 5) is 14.3. The van der Waals surface area contributed by atoms with Gasteiger partial charge in [0.15, 0.2) is 0 Å². The lowest BCUT2D eigenvalue weighted by Crippen LogP contribution is -2.36. The first-order chi connectivity index (χ1) is 11.6. The lowest BCUT2D eigenvalue weighted by atomic mass is 9.89. The minimum Gasteiger partial charge on any atom is -0.496 e. The van der Waals surface area contributed by atoms with Crippen LogP contribution in [0, 0.1) is 5.92 Å². The summed E-state index contributed by atoms with van der Waals surface area (Å²) in [7, 11) is 3.39. The van der Waals surface area contributed by atoms with Crippen molar-refractivity contribution in [3.63, 3.8) is 0 Å². The Morgan fingerprint density at radius 3 is 2.71 bits per heavy atom. The van der Waals surface area contributed by atoms with Gasteiger partial charge >= 0.3 is 0 Å². The average Bonchev–Trinajstić information content (AvgIpc) is 2.61. The average molecular weight is 392 g/mol. The molecule has 0 atom stereocenters. The number of anilines is 1. The molecule has 0 amide bonds. The second-order valence-electron chi connectivity index (χ2n) is 6.22. The van der Waals surface area contributed by atoms with Gasteiger partial charge in [0.2, 0.25) is 0 Å². The van der Waals surface area contributed by atoms with Crippen molar-refractivity contribution in [1.82, 2.24) is 9.78 Å². The molecule has 0 aliphatic carbocycles. The normalized spacial score (nSPS) is 15.5. The van der Waals surface area contributed by atoms with Gasteiger partial charge in [-0.2, -0.15) is 5.10 Å². The first kappa shape index (κ1) is 17.0. The zero-order chi connectivity index (χ0) is 17.1. The minimum atomic E-state index is -0.0938. The molecule has 6 heteroatoms. The first-order valence-corrected chi connectivity index (χ1v) is 8.98. The molecule has 1 aliphatic rings. The number of para-hydroxylation sites is 1. The predicted octanol–water partition coefficient (Wildman–Crippen LogP) is 3.01. The molecule has 128 valence electrons. The summed E-state index contributed by atoms with van der Waals surface area (Å²) in [5.41, 5.74) is 2.08. The summed E-state index contributed by atoms with van der Waals surface area (Å²) in [5.74, 6) is 1.61. The number of halogens is 1. The molecule has 0 radical (unpaired) electrons. The van der Waals surface area contributed by atoms with E-state index in [4.69, 9.17) is 4.74 Å². The highest BCUT2D eigenvalue weighted by molar-refractivity contribution is 9.10. The van der Waals surface area contributed by atoms with Gasteiger partial charge in [-0.1, -0.05) is 18.2 Å². The Balaban J connectivity index is 1.66. The molecule has 1 aromatic heterocycles. The maximum atomic E-state index is 12.0. The van der Waals surface area contributed by atoms with Crippen molar-refractivity contribution < 1.29 is 4.74 Å². The molecule has 0 saturated carbocycles. The van der Waals surface area contributed by atoms with Crippen LogP contribution in [0.15, 0.2) is 39.7 Å². The van der Waals surface area contributed by atoms with E-state index in [1.807, 2.05) is 12.1 Å². The maximum Gasteiger partial charge on any atom is 0.282 e. The van der Waals surface area contributed by atoms with E-state index in [1.54, 1.807) is 20.4 Å². The zero-order valence-corrected chi connectivity index (χ0v) is 15.6. The third kappa shape index (κ3) is 3.48. The summed E-state index contributed by atoms with van der Waals surface area (Å²) in [6, 6.07) is 8.24. The molecule has 1 saturated heterocycles. The van der Waals surface area contributed by atoms with Gasteiger partial charge < -0.3 is 9.64 Å². The van der Waals surface area contributed by atoms with Crippen LogP contribution in [0.4, 0.5) is 5.69 Å². The molecule has 0 bridgehead atoms. The SMILES string of the molecule is COc1ccccc1CC1CCN(c2cnn(C)c(=O)c2Br)CC1. The van der Waals surface area contributed by atoms with Crippen LogP contribution in [-0.4, -0.2) is 30.0 Å². The standard InChI is InChI=1S/C18H22BrN3O2/c1-21-18(23)17(19)15(12-20-21)22-9-7-13(8-10-22)11-14-5-3-4-6-16(14)24-2/h3-6,12-13H,7-11H2,1-2H3. The highest BCUT2D eigenvalue weighted by atomic mass is 79.9. The molecule has 5 nitrogen and oxygen atoms in total. The summed E-state index contributed by atoms with van der Waals surface area (Å²) in [6.07, 6.45) is 5.00. The monoisotopic (exact) mass is 391 g/mol. The molecule has 0 unspecified atom stereocenters. The molecule has 2 aromatic rings. The van der Waals surface area contributed by atoms with Crippen LogP contribution in [0.3, 0.4) is 0 Å². The Hall–Kier alpha value is -1.82. The van der Waals surface area contributed by atoms with Crippen molar-refractivity contribution in [3.05, 3.63) is 50.9 Å². The van der Waals surface area contributed by atoms with E-state index in [0.717, 1.165) is 43.8 Å². The Morgan fingerprint density at radius 1 is 1.29 bits per heavy atom. The zero-order valence-electron chi connectivity index (χ0n) is 14.0. The molecular weight excluding hydrogens is 370 g/mol. The van der Waals surface area contributed by atoms with Crippen LogP contribution in [-0.2, 0) is 13.5 Å². The molecule has 1 fully saturated rings. The summed E-state index contributed by atoms with van der Waals surface area (Å²) in [5, 5.41) is 4.14. The number of aromatic nitrogens is 2. The quantitative estimate of drug-likeness (QED) is 0.803. The van der Waals surface area contributed by atoms with Crippen molar-refractivity contribution in [2.24, 2.45) is 13.0 Å². The van der Waals surface area contributed by atoms with E-state index < -0.39 is 0 Å². The Labute approximate surface area is 150 Å². The molecule has 1 aliphatic heterocycles. The van der Waals surface area contributed by atoms with Crippen molar-refractivity contribution in [2.75, 3.05) is 25.1 Å². The Bertz CT molecular complexity index is 767. The van der Waals surface area contributed by atoms with Crippen molar-refractivity contribution in [3.8, 4) is 5.75 Å². The van der Waals surface area contributed by atoms with Gasteiger partial charge in [-0.05, 0) is 52.7 Å². The number of nitrogens with zero attached hydrogens (tertiary/aromatic N) is 3. The minimum absolute atomic E-state index is 0.0938. The number of piperidine rings is 1. The molecule has 0 spiro atoms. The van der Waals surface area contributed by atoms with Crippen LogP contribution in [0.1, 0.15) is 18.4 Å². The van der Waals surface area contributed by atoms with Crippen LogP contribution in [0.5, 0.6) is 5.75 Å². The number of aryl methyl sites for hydroxylation is 1. The Kier molecular flexibility index (Phi) is 5.23. The van der Waals surface area contributed by atoms with Gasteiger partial charge in [0.25, 0.3) is 5.56 Å². The Morgan fingerprint density at radius 2 is 2.00 bits per heavy atom. The van der Waals surface area contributed by atoms with Crippen molar-refractivity contribution in [1.29, 1.82) is 0 Å². The van der Waals surface area contributed by atoms with Crippen molar-refractivity contribution in [2.45, 2.75) is 19.3 Å². The highest BCUT2D eigenvalue weighted by Crippen LogP contribution is 2.30. The smallest absolute Gasteiger partial charge is 0.282 e. The molecule has 3 rings (SSSR count). The molecule has 0 N–H and O–H groups in total. The lowest BCUT2D eigenvalue weighted by Gasteiger charge is -2.34. The van der Waals surface area contributed by atoms with Crippen LogP contribution in [0.25, 0.3) is 0 Å². The summed E-state index contributed by atoms with van der Waals surface area (Å²) >= 11 is 3.42. The van der Waals surface area contributed by atoms with Crippen LogP contribution >= 0.6 is 15.9 Å². The van der Waals surface area contributed by atoms with Crippen molar-refractivity contribution >= 4 is 21.6 Å². The number of rotatable bonds is 4. The predicted molar refractivity (Wildman–Crippen MR) is 98.8 cm³/mol. The van der Waals surface area contributed by atoms with Crippen LogP contribution < -0.4 is 15.2 Å². The van der Waals surface area contributed by atoms with E-state index in [-0.39, 0.29) is 5.56 Å². The van der Waals surface area contributed by atoms with Gasteiger partial charge in [-0.25, -0.2) is 4.68 Å². The number of benzene rings is 1. The van der Waals surface area contributed by atoms with Gasteiger partial charge in [-0.15, -0.1) is 0 Å². The lowest BCUT2D eigenvalue weighted by molar-refractivity contribution is 0.380.